The summed E-state index contributed by atoms with van der Waals surface area (Å²) in [5, 5.41) is 10.7. The third-order valence-corrected chi connectivity index (χ3v) is 10.3. The second-order valence-electron chi connectivity index (χ2n) is 11.2. The van der Waals surface area contributed by atoms with E-state index < -0.39 is 0 Å². The first kappa shape index (κ1) is 20.2. The van der Waals surface area contributed by atoms with Gasteiger partial charge in [-0.05, 0) is 117 Å². The Labute approximate surface area is 167 Å². The zero-order valence-corrected chi connectivity index (χ0v) is 18.4. The molecule has 0 spiro atoms. The van der Waals surface area contributed by atoms with Crippen LogP contribution in [0, 0.1) is 46.3 Å². The van der Waals surface area contributed by atoms with Crippen molar-refractivity contribution in [1.29, 1.82) is 0 Å². The van der Waals surface area contributed by atoms with E-state index in [1.54, 1.807) is 0 Å². The molecule has 156 valence electrons. The van der Waals surface area contributed by atoms with Gasteiger partial charge in [0.25, 0.3) is 0 Å². The SMILES string of the molecule is CCOC[C@H]1CC[C@@]2(C)[C@H](CC[C@@H]3[C@@H]2CC[C@]2(C)[C@@H]([C@H](O)CC)CC[C@@H]32)C1. The van der Waals surface area contributed by atoms with E-state index in [0.29, 0.717) is 16.7 Å². The van der Waals surface area contributed by atoms with Crippen molar-refractivity contribution in [3.05, 3.63) is 0 Å². The maximum Gasteiger partial charge on any atom is 0.0571 e. The van der Waals surface area contributed by atoms with E-state index in [2.05, 4.69) is 27.7 Å². The highest BCUT2D eigenvalue weighted by Gasteiger charge is 2.60. The van der Waals surface area contributed by atoms with Crippen LogP contribution < -0.4 is 0 Å². The van der Waals surface area contributed by atoms with E-state index in [-0.39, 0.29) is 6.10 Å². The van der Waals surface area contributed by atoms with E-state index in [1.807, 2.05) is 0 Å². The van der Waals surface area contributed by atoms with E-state index in [1.165, 1.54) is 57.8 Å². The average molecular weight is 377 g/mol. The van der Waals surface area contributed by atoms with Gasteiger partial charge in [-0.2, -0.15) is 0 Å². The lowest BCUT2D eigenvalue weighted by molar-refractivity contribution is -0.129. The first-order valence-corrected chi connectivity index (χ1v) is 12.2. The van der Waals surface area contributed by atoms with Gasteiger partial charge in [-0.3, -0.25) is 0 Å². The van der Waals surface area contributed by atoms with Crippen LogP contribution in [0.25, 0.3) is 0 Å². The van der Waals surface area contributed by atoms with Crippen LogP contribution in [0.15, 0.2) is 0 Å². The molecule has 4 rings (SSSR count). The minimum Gasteiger partial charge on any atom is -0.393 e. The summed E-state index contributed by atoms with van der Waals surface area (Å²) in [5.41, 5.74) is 0.986. The Balaban J connectivity index is 1.49. The highest BCUT2D eigenvalue weighted by atomic mass is 16.5. The van der Waals surface area contributed by atoms with Crippen molar-refractivity contribution >= 4 is 0 Å². The van der Waals surface area contributed by atoms with E-state index in [0.717, 1.165) is 49.2 Å². The summed E-state index contributed by atoms with van der Waals surface area (Å²) >= 11 is 0. The Bertz CT molecular complexity index is 518. The Hall–Kier alpha value is -0.0800. The number of fused-ring (bicyclic) bond motifs is 5. The minimum atomic E-state index is -0.0718. The summed E-state index contributed by atoms with van der Waals surface area (Å²) in [6.07, 6.45) is 13.5. The van der Waals surface area contributed by atoms with Crippen LogP contribution in [0.4, 0.5) is 0 Å². The van der Waals surface area contributed by atoms with Crippen molar-refractivity contribution < 1.29 is 9.84 Å². The zero-order valence-electron chi connectivity index (χ0n) is 18.4. The van der Waals surface area contributed by atoms with Crippen LogP contribution >= 0.6 is 0 Å². The fourth-order valence-corrected chi connectivity index (χ4v) is 8.74. The molecule has 4 aliphatic carbocycles. The molecule has 2 nitrogen and oxygen atoms in total. The predicted molar refractivity (Wildman–Crippen MR) is 111 cm³/mol. The van der Waals surface area contributed by atoms with Gasteiger partial charge in [0.05, 0.1) is 6.10 Å². The molecule has 0 saturated heterocycles. The fourth-order valence-electron chi connectivity index (χ4n) is 8.74. The molecule has 0 bridgehead atoms. The number of ether oxygens (including phenoxy) is 1. The molecule has 0 amide bonds. The Morgan fingerprint density at radius 1 is 0.926 bits per heavy atom. The van der Waals surface area contributed by atoms with Gasteiger partial charge >= 0.3 is 0 Å². The van der Waals surface area contributed by atoms with Crippen molar-refractivity contribution in [2.24, 2.45) is 46.3 Å². The molecular formula is C25H44O2. The van der Waals surface area contributed by atoms with Crippen molar-refractivity contribution in [2.75, 3.05) is 13.2 Å². The van der Waals surface area contributed by atoms with E-state index in [9.17, 15) is 5.11 Å². The number of rotatable bonds is 5. The molecule has 4 saturated carbocycles. The second-order valence-corrected chi connectivity index (χ2v) is 11.2. The normalized spacial score (nSPS) is 50.6. The molecule has 0 aromatic rings. The van der Waals surface area contributed by atoms with Crippen LogP contribution in [0.1, 0.15) is 91.9 Å². The molecular weight excluding hydrogens is 332 g/mol. The highest BCUT2D eigenvalue weighted by molar-refractivity contribution is 5.09. The molecule has 0 unspecified atom stereocenters. The number of hydrogen-bond donors (Lipinski definition) is 1. The van der Waals surface area contributed by atoms with E-state index >= 15 is 0 Å². The fraction of sp³-hybridized carbons (Fsp3) is 1.00. The van der Waals surface area contributed by atoms with Gasteiger partial charge in [0.2, 0.25) is 0 Å². The molecule has 9 atom stereocenters. The second kappa shape index (κ2) is 7.63. The maximum absolute atomic E-state index is 10.7. The summed E-state index contributed by atoms with van der Waals surface area (Å²) in [4.78, 5) is 0. The van der Waals surface area contributed by atoms with Crippen LogP contribution in [0.3, 0.4) is 0 Å². The van der Waals surface area contributed by atoms with Gasteiger partial charge in [-0.25, -0.2) is 0 Å². The summed E-state index contributed by atoms with van der Waals surface area (Å²) < 4.78 is 5.78. The Morgan fingerprint density at radius 2 is 1.67 bits per heavy atom. The van der Waals surface area contributed by atoms with Crippen LogP contribution in [-0.4, -0.2) is 24.4 Å². The van der Waals surface area contributed by atoms with Crippen LogP contribution in [0.2, 0.25) is 0 Å². The number of aliphatic hydroxyl groups excluding tert-OH is 1. The van der Waals surface area contributed by atoms with Crippen molar-refractivity contribution in [3.63, 3.8) is 0 Å². The average Bonchev–Trinajstić information content (AvgIpc) is 3.02. The third kappa shape index (κ3) is 3.21. The Kier molecular flexibility index (Phi) is 5.71. The molecule has 1 N–H and O–H groups in total. The zero-order chi connectivity index (χ0) is 19.2. The summed E-state index contributed by atoms with van der Waals surface area (Å²) in [6.45, 7) is 11.4. The molecule has 0 heterocycles. The highest BCUT2D eigenvalue weighted by Crippen LogP contribution is 2.68. The van der Waals surface area contributed by atoms with Crippen molar-refractivity contribution in [2.45, 2.75) is 98.0 Å². The van der Waals surface area contributed by atoms with Crippen LogP contribution in [0.5, 0.6) is 0 Å². The smallest absolute Gasteiger partial charge is 0.0571 e. The summed E-state index contributed by atoms with van der Waals surface area (Å²) in [6, 6.07) is 0. The first-order valence-electron chi connectivity index (χ1n) is 12.2. The van der Waals surface area contributed by atoms with Gasteiger partial charge in [-0.1, -0.05) is 20.8 Å². The molecule has 0 aromatic carbocycles. The van der Waals surface area contributed by atoms with Gasteiger partial charge < -0.3 is 9.84 Å². The predicted octanol–water partition coefficient (Wildman–Crippen LogP) is 6.07. The molecule has 4 fully saturated rings. The molecule has 0 radical (unpaired) electrons. The Morgan fingerprint density at radius 3 is 2.41 bits per heavy atom. The van der Waals surface area contributed by atoms with Gasteiger partial charge in [0, 0.05) is 13.2 Å². The summed E-state index contributed by atoms with van der Waals surface area (Å²) in [5.74, 6) is 5.05. The third-order valence-electron chi connectivity index (χ3n) is 10.3. The quantitative estimate of drug-likeness (QED) is 0.631. The number of hydrogen-bond acceptors (Lipinski definition) is 2. The number of aliphatic hydroxyl groups is 1. The lowest BCUT2D eigenvalue weighted by Crippen LogP contribution is -2.54. The molecule has 2 heteroatoms. The van der Waals surface area contributed by atoms with Crippen molar-refractivity contribution in [3.8, 4) is 0 Å². The van der Waals surface area contributed by atoms with Gasteiger partial charge in [-0.15, -0.1) is 0 Å². The van der Waals surface area contributed by atoms with Gasteiger partial charge in [0.15, 0.2) is 0 Å². The lowest BCUT2D eigenvalue weighted by atomic mass is 9.44. The van der Waals surface area contributed by atoms with Crippen LogP contribution in [-0.2, 0) is 4.74 Å². The summed E-state index contributed by atoms with van der Waals surface area (Å²) in [7, 11) is 0. The minimum absolute atomic E-state index is 0.0718. The molecule has 27 heavy (non-hydrogen) atoms. The van der Waals surface area contributed by atoms with E-state index in [4.69, 9.17) is 4.74 Å². The molecule has 4 aliphatic rings. The topological polar surface area (TPSA) is 29.5 Å². The lowest BCUT2D eigenvalue weighted by Gasteiger charge is -2.61. The standard InChI is InChI=1S/C25H44O2/c1-5-23(26)22-10-9-20-19-8-7-18-15-17(16-27-6-2)11-13-24(18,3)21(19)12-14-25(20,22)4/h17-23,26H,5-16H2,1-4H3/t17-,18+,19-,20-,21-,22+,23+,24-,25-/m0/s1. The first-order chi connectivity index (χ1) is 12.9. The van der Waals surface area contributed by atoms with Crippen molar-refractivity contribution in [1.82, 2.24) is 0 Å². The largest absolute Gasteiger partial charge is 0.393 e. The van der Waals surface area contributed by atoms with Gasteiger partial charge in [0.1, 0.15) is 0 Å². The maximum atomic E-state index is 10.7. The monoisotopic (exact) mass is 376 g/mol. The molecule has 0 aromatic heterocycles. The molecule has 0 aliphatic heterocycles.